The van der Waals surface area contributed by atoms with E-state index in [0.29, 0.717) is 12.6 Å². The molecule has 1 N–H and O–H groups in total. The molecule has 0 saturated carbocycles. The fourth-order valence-electron chi connectivity index (χ4n) is 1.96. The van der Waals surface area contributed by atoms with Crippen molar-refractivity contribution in [2.75, 3.05) is 6.61 Å². The first-order valence-corrected chi connectivity index (χ1v) is 7.99. The maximum Gasteiger partial charge on any atom is 0.308 e. The Morgan fingerprint density at radius 2 is 2.00 bits per heavy atom. The van der Waals surface area contributed by atoms with Gasteiger partial charge in [-0.2, -0.15) is 0 Å². The number of esters is 1. The molecule has 0 spiro atoms. The fourth-order valence-corrected chi connectivity index (χ4v) is 1.96. The van der Waals surface area contributed by atoms with E-state index in [1.807, 2.05) is 27.7 Å². The molecule has 20 heavy (non-hydrogen) atoms. The van der Waals surface area contributed by atoms with Gasteiger partial charge in [0.25, 0.3) is 0 Å². The molecule has 0 amide bonds. The topological polar surface area (TPSA) is 48.2 Å². The minimum absolute atomic E-state index is 0.0220. The highest BCUT2D eigenvalue weighted by molar-refractivity contribution is 5.71. The van der Waals surface area contributed by atoms with E-state index < -0.39 is 0 Å². The highest BCUT2D eigenvalue weighted by Gasteiger charge is 2.50. The van der Waals surface area contributed by atoms with Crippen LogP contribution in [0.15, 0.2) is 11.6 Å². The molecule has 0 bridgehead atoms. The lowest BCUT2D eigenvalue weighted by molar-refractivity contribution is -0.148. The van der Waals surface area contributed by atoms with Gasteiger partial charge in [-0.15, -0.1) is 0 Å². The molecule has 1 rings (SSSR count). The molecular weight excluding hydrogens is 250 g/mol. The first-order valence-electron chi connectivity index (χ1n) is 7.99. The molecule has 0 radical (unpaired) electrons. The van der Waals surface area contributed by atoms with Crippen molar-refractivity contribution in [3.63, 3.8) is 0 Å². The van der Waals surface area contributed by atoms with Gasteiger partial charge in [-0.1, -0.05) is 52.7 Å². The smallest absolute Gasteiger partial charge is 0.308 e. The second kappa shape index (κ2) is 9.17. The number of hydrogen-bond donors (Lipinski definition) is 1. The maximum atomic E-state index is 11.4. The van der Waals surface area contributed by atoms with Crippen molar-refractivity contribution in [2.24, 2.45) is 5.92 Å². The normalized spacial score (nSPS) is 25.0. The third-order valence-electron chi connectivity index (χ3n) is 3.48. The summed E-state index contributed by atoms with van der Waals surface area (Å²) >= 11 is 0. The average molecular weight is 283 g/mol. The quantitative estimate of drug-likeness (QED) is 0.435. The first kappa shape index (κ1) is 19.2. The summed E-state index contributed by atoms with van der Waals surface area (Å²) in [7, 11) is 0. The van der Waals surface area contributed by atoms with Crippen LogP contribution in [-0.2, 0) is 9.53 Å². The number of carbonyl (C=O) groups is 1. The second-order valence-electron chi connectivity index (χ2n) is 5.92. The predicted molar refractivity (Wildman–Crippen MR) is 85.8 cm³/mol. The average Bonchev–Trinajstić information content (AvgIpc) is 3.06. The van der Waals surface area contributed by atoms with Crippen LogP contribution in [0.3, 0.4) is 0 Å². The lowest BCUT2D eigenvalue weighted by atomic mass is 10.0. The number of rotatable bonds is 7. The van der Waals surface area contributed by atoms with Crippen molar-refractivity contribution < 1.29 is 9.53 Å². The minimum atomic E-state index is -0.109. The van der Waals surface area contributed by atoms with Crippen molar-refractivity contribution >= 4 is 5.97 Å². The summed E-state index contributed by atoms with van der Waals surface area (Å²) in [4.78, 5) is 11.4. The predicted octanol–water partition coefficient (Wildman–Crippen LogP) is 4.08. The highest BCUT2D eigenvalue weighted by Crippen LogP contribution is 2.31. The Balaban J connectivity index is 0.00000172. The van der Waals surface area contributed by atoms with Crippen LogP contribution < -0.4 is 5.32 Å². The van der Waals surface area contributed by atoms with E-state index in [0.717, 1.165) is 12.8 Å². The molecule has 0 aromatic rings. The third-order valence-corrected chi connectivity index (χ3v) is 3.48. The largest absolute Gasteiger partial charge is 0.463 e. The van der Waals surface area contributed by atoms with Crippen LogP contribution in [0.1, 0.15) is 67.7 Å². The first-order chi connectivity index (χ1) is 9.39. The van der Waals surface area contributed by atoms with Gasteiger partial charge < -0.3 is 10.1 Å². The van der Waals surface area contributed by atoms with Crippen LogP contribution in [-0.4, -0.2) is 24.2 Å². The molecular formula is C17H33NO2. The van der Waals surface area contributed by atoms with Gasteiger partial charge in [0.2, 0.25) is 0 Å². The lowest BCUT2D eigenvalue weighted by Gasteiger charge is -2.12. The summed E-state index contributed by atoms with van der Waals surface area (Å²) in [6.07, 6.45) is 5.70. The Morgan fingerprint density at radius 3 is 2.50 bits per heavy atom. The highest BCUT2D eigenvalue weighted by atomic mass is 16.5. The molecule has 1 fully saturated rings. The molecule has 1 aliphatic heterocycles. The molecule has 118 valence electrons. The summed E-state index contributed by atoms with van der Waals surface area (Å²) in [5.41, 5.74) is 1.40. The Kier molecular flexibility index (Phi) is 8.79. The number of hydrogen-bond acceptors (Lipinski definition) is 3. The van der Waals surface area contributed by atoms with E-state index in [1.165, 1.54) is 12.0 Å². The molecule has 0 aliphatic carbocycles. The van der Waals surface area contributed by atoms with Crippen molar-refractivity contribution in [1.29, 1.82) is 0 Å². The van der Waals surface area contributed by atoms with Crippen LogP contribution in [0.25, 0.3) is 0 Å². The molecule has 1 heterocycles. The van der Waals surface area contributed by atoms with Crippen molar-refractivity contribution in [3.05, 3.63) is 11.6 Å². The summed E-state index contributed by atoms with van der Waals surface area (Å²) in [5, 5.41) is 3.43. The third kappa shape index (κ3) is 6.56. The molecule has 2 unspecified atom stereocenters. The van der Waals surface area contributed by atoms with Crippen molar-refractivity contribution in [3.8, 4) is 0 Å². The van der Waals surface area contributed by atoms with Gasteiger partial charge in [-0.05, 0) is 26.7 Å². The second-order valence-corrected chi connectivity index (χ2v) is 5.92. The monoisotopic (exact) mass is 283 g/mol. The van der Waals surface area contributed by atoms with Gasteiger partial charge in [-0.3, -0.25) is 4.79 Å². The van der Waals surface area contributed by atoms with Gasteiger partial charge in [0.15, 0.2) is 0 Å². The molecule has 1 aliphatic rings. The fraction of sp³-hybridized carbons (Fsp3) is 0.824. The SMILES string of the molecule is CC.CCC/C=C(\C)CC1NC1(C)COC(=O)C(C)C. The molecule has 3 nitrogen and oxygen atoms in total. The van der Waals surface area contributed by atoms with Crippen LogP contribution >= 0.6 is 0 Å². The van der Waals surface area contributed by atoms with E-state index in [1.54, 1.807) is 0 Å². The molecule has 3 heteroatoms. The van der Waals surface area contributed by atoms with Gasteiger partial charge in [0.1, 0.15) is 6.61 Å². The zero-order chi connectivity index (χ0) is 15.8. The summed E-state index contributed by atoms with van der Waals surface area (Å²) in [6.45, 7) is 14.7. The number of unbranched alkanes of at least 4 members (excludes halogenated alkanes) is 1. The molecule has 2 atom stereocenters. The summed E-state index contributed by atoms with van der Waals surface area (Å²) in [5.74, 6) is -0.154. The van der Waals surface area contributed by atoms with Gasteiger partial charge >= 0.3 is 5.97 Å². The number of nitrogens with one attached hydrogen (secondary N) is 1. The molecule has 0 aromatic heterocycles. The van der Waals surface area contributed by atoms with E-state index in [-0.39, 0.29) is 17.4 Å². The Morgan fingerprint density at radius 1 is 1.40 bits per heavy atom. The van der Waals surface area contributed by atoms with Gasteiger partial charge in [0, 0.05) is 6.04 Å². The van der Waals surface area contributed by atoms with Gasteiger partial charge in [0.05, 0.1) is 11.5 Å². The van der Waals surface area contributed by atoms with E-state index >= 15 is 0 Å². The minimum Gasteiger partial charge on any atom is -0.463 e. The van der Waals surface area contributed by atoms with Crippen LogP contribution in [0.4, 0.5) is 0 Å². The molecule has 0 aromatic carbocycles. The Hall–Kier alpha value is -0.830. The van der Waals surface area contributed by atoms with Crippen molar-refractivity contribution in [2.45, 2.75) is 79.3 Å². The Bertz CT molecular complexity index is 323. The van der Waals surface area contributed by atoms with Crippen LogP contribution in [0, 0.1) is 5.92 Å². The van der Waals surface area contributed by atoms with E-state index in [9.17, 15) is 4.79 Å². The zero-order valence-electron chi connectivity index (χ0n) is 14.4. The lowest BCUT2D eigenvalue weighted by Crippen LogP contribution is -2.25. The molecule has 1 saturated heterocycles. The van der Waals surface area contributed by atoms with E-state index in [2.05, 4.69) is 32.2 Å². The maximum absolute atomic E-state index is 11.4. The standard InChI is InChI=1S/C15H27NO2.C2H6/c1-6-7-8-12(4)9-13-15(5,16-13)10-18-14(17)11(2)3;1-2/h8,11,13,16H,6-7,9-10H2,1-5H3;1-2H3/b12-8+;. The summed E-state index contributed by atoms with van der Waals surface area (Å²) in [6, 6.07) is 0.450. The van der Waals surface area contributed by atoms with Crippen LogP contribution in [0.5, 0.6) is 0 Å². The number of allylic oxidation sites excluding steroid dienone is 1. The number of ether oxygens (including phenoxy) is 1. The van der Waals surface area contributed by atoms with Crippen LogP contribution in [0.2, 0.25) is 0 Å². The Labute approximate surface area is 125 Å². The summed E-state index contributed by atoms with van der Waals surface area (Å²) < 4.78 is 5.30. The zero-order valence-corrected chi connectivity index (χ0v) is 14.4. The number of carbonyl (C=O) groups excluding carboxylic acids is 1. The van der Waals surface area contributed by atoms with Crippen molar-refractivity contribution in [1.82, 2.24) is 5.32 Å². The van der Waals surface area contributed by atoms with Gasteiger partial charge in [-0.25, -0.2) is 0 Å². The van der Waals surface area contributed by atoms with E-state index in [4.69, 9.17) is 4.74 Å².